The molecule has 1 aromatic carbocycles. The lowest BCUT2D eigenvalue weighted by Gasteiger charge is -2.35. The van der Waals surface area contributed by atoms with Gasteiger partial charge < -0.3 is 20.2 Å². The normalized spacial score (nSPS) is 16.8. The summed E-state index contributed by atoms with van der Waals surface area (Å²) in [6, 6.07) is 6.98. The number of benzene rings is 1. The maximum Gasteiger partial charge on any atom is 0.317 e. The van der Waals surface area contributed by atoms with Crippen LogP contribution in [-0.2, 0) is 0 Å². The molecule has 28 heavy (non-hydrogen) atoms. The van der Waals surface area contributed by atoms with Crippen molar-refractivity contribution in [3.63, 3.8) is 0 Å². The van der Waals surface area contributed by atoms with E-state index in [9.17, 15) is 9.90 Å². The summed E-state index contributed by atoms with van der Waals surface area (Å²) in [5.41, 5.74) is 1.46. The molecular formula is C20H25Cl2N3O2S. The Morgan fingerprint density at radius 3 is 2.64 bits per heavy atom. The van der Waals surface area contributed by atoms with E-state index in [1.54, 1.807) is 23.3 Å². The maximum absolute atomic E-state index is 12.7. The highest BCUT2D eigenvalue weighted by Gasteiger charge is 2.27. The van der Waals surface area contributed by atoms with Gasteiger partial charge in [-0.25, -0.2) is 4.79 Å². The summed E-state index contributed by atoms with van der Waals surface area (Å²) in [5.74, 6) is 0. The highest BCUT2D eigenvalue weighted by molar-refractivity contribution is 7.13. The molecule has 2 aromatic rings. The van der Waals surface area contributed by atoms with Crippen LogP contribution in [0.2, 0.25) is 10.0 Å². The van der Waals surface area contributed by atoms with E-state index in [4.69, 9.17) is 23.2 Å². The molecule has 0 spiro atoms. The van der Waals surface area contributed by atoms with Gasteiger partial charge in [-0.1, -0.05) is 41.4 Å². The highest BCUT2D eigenvalue weighted by Crippen LogP contribution is 2.39. The third kappa shape index (κ3) is 4.63. The van der Waals surface area contributed by atoms with Crippen molar-refractivity contribution >= 4 is 40.6 Å². The van der Waals surface area contributed by atoms with Crippen LogP contribution in [0.1, 0.15) is 24.4 Å². The van der Waals surface area contributed by atoms with Crippen molar-refractivity contribution in [2.75, 3.05) is 33.8 Å². The number of urea groups is 1. The Balaban J connectivity index is 1.74. The second-order valence-corrected chi connectivity index (χ2v) is 8.84. The molecule has 1 aliphatic rings. The van der Waals surface area contributed by atoms with Crippen molar-refractivity contribution in [3.8, 4) is 10.4 Å². The van der Waals surface area contributed by atoms with E-state index in [1.807, 2.05) is 29.6 Å². The molecule has 152 valence electrons. The minimum Gasteiger partial charge on any atom is -0.394 e. The second-order valence-electron chi connectivity index (χ2n) is 7.14. The molecule has 1 aromatic heterocycles. The Kier molecular flexibility index (Phi) is 7.23. The molecule has 2 N–H and O–H groups in total. The number of likely N-dealkylation sites (tertiary alicyclic amines) is 1. The van der Waals surface area contributed by atoms with E-state index in [2.05, 4.69) is 17.3 Å². The Labute approximate surface area is 179 Å². The van der Waals surface area contributed by atoms with Gasteiger partial charge in [0.25, 0.3) is 0 Å². The SMILES string of the molecule is CN1CCC(N(C)C(=O)NC(CO)c2ccc(-c3cccs3)c(Cl)c2Cl)CC1. The van der Waals surface area contributed by atoms with Gasteiger partial charge in [-0.2, -0.15) is 0 Å². The summed E-state index contributed by atoms with van der Waals surface area (Å²) in [7, 11) is 3.89. The van der Waals surface area contributed by atoms with Crippen LogP contribution >= 0.6 is 34.5 Å². The summed E-state index contributed by atoms with van der Waals surface area (Å²) < 4.78 is 0. The van der Waals surface area contributed by atoms with Gasteiger partial charge in [-0.3, -0.25) is 0 Å². The average Bonchev–Trinajstić information content (AvgIpc) is 3.23. The zero-order chi connectivity index (χ0) is 20.3. The van der Waals surface area contributed by atoms with Crippen molar-refractivity contribution in [1.29, 1.82) is 0 Å². The van der Waals surface area contributed by atoms with Crippen LogP contribution in [0.25, 0.3) is 10.4 Å². The maximum atomic E-state index is 12.7. The summed E-state index contributed by atoms with van der Waals surface area (Å²) >= 11 is 14.6. The summed E-state index contributed by atoms with van der Waals surface area (Å²) in [5, 5.41) is 15.5. The third-order valence-electron chi connectivity index (χ3n) is 5.31. The minimum absolute atomic E-state index is 0.191. The monoisotopic (exact) mass is 441 g/mol. The topological polar surface area (TPSA) is 55.8 Å². The lowest BCUT2D eigenvalue weighted by molar-refractivity contribution is 0.141. The second kappa shape index (κ2) is 9.46. The minimum atomic E-state index is -0.622. The molecule has 1 aliphatic heterocycles. The van der Waals surface area contributed by atoms with E-state index < -0.39 is 6.04 Å². The van der Waals surface area contributed by atoms with E-state index in [0.29, 0.717) is 15.6 Å². The molecule has 1 fully saturated rings. The number of nitrogens with zero attached hydrogens (tertiary/aromatic N) is 2. The van der Waals surface area contributed by atoms with Gasteiger partial charge in [0.15, 0.2) is 0 Å². The standard InChI is InChI=1S/C20H25Cl2N3O2S/c1-24-9-7-13(8-10-24)25(2)20(27)23-16(12-26)14-5-6-15(19(22)18(14)21)17-4-3-11-28-17/h3-6,11,13,16,26H,7-10,12H2,1-2H3,(H,23,27). The predicted molar refractivity (Wildman–Crippen MR) is 116 cm³/mol. The van der Waals surface area contributed by atoms with Crippen molar-refractivity contribution in [2.45, 2.75) is 24.9 Å². The Morgan fingerprint density at radius 2 is 2.04 bits per heavy atom. The molecule has 2 amide bonds. The lowest BCUT2D eigenvalue weighted by Crippen LogP contribution is -2.49. The molecule has 5 nitrogen and oxygen atoms in total. The van der Waals surface area contributed by atoms with E-state index in [-0.39, 0.29) is 18.7 Å². The number of carbonyl (C=O) groups excluding carboxylic acids is 1. The first kappa shape index (κ1) is 21.4. The number of amides is 2. The molecule has 8 heteroatoms. The van der Waals surface area contributed by atoms with Crippen molar-refractivity contribution in [1.82, 2.24) is 15.1 Å². The first-order chi connectivity index (χ1) is 13.4. The van der Waals surface area contributed by atoms with E-state index in [0.717, 1.165) is 36.4 Å². The van der Waals surface area contributed by atoms with Crippen LogP contribution in [0.15, 0.2) is 29.6 Å². The quantitative estimate of drug-likeness (QED) is 0.718. The van der Waals surface area contributed by atoms with E-state index in [1.165, 1.54) is 0 Å². The first-order valence-electron chi connectivity index (χ1n) is 9.26. The lowest BCUT2D eigenvalue weighted by atomic mass is 10.0. The number of halogens is 2. The number of thiophene rings is 1. The Morgan fingerprint density at radius 1 is 1.32 bits per heavy atom. The molecule has 3 rings (SSSR count). The molecule has 1 atom stereocenters. The van der Waals surface area contributed by atoms with Crippen LogP contribution < -0.4 is 5.32 Å². The fraction of sp³-hybridized carbons (Fsp3) is 0.450. The number of piperidine rings is 1. The molecule has 0 radical (unpaired) electrons. The largest absolute Gasteiger partial charge is 0.394 e. The van der Waals surface area contributed by atoms with Crippen molar-refractivity contribution in [2.24, 2.45) is 0 Å². The Bertz CT molecular complexity index is 808. The zero-order valence-corrected chi connectivity index (χ0v) is 18.3. The first-order valence-corrected chi connectivity index (χ1v) is 10.9. The summed E-state index contributed by atoms with van der Waals surface area (Å²) in [6.07, 6.45) is 1.87. The fourth-order valence-electron chi connectivity index (χ4n) is 3.48. The zero-order valence-electron chi connectivity index (χ0n) is 16.0. The third-order valence-corrected chi connectivity index (χ3v) is 7.11. The number of hydrogen-bond acceptors (Lipinski definition) is 4. The van der Waals surface area contributed by atoms with Crippen LogP contribution in [0.4, 0.5) is 4.79 Å². The number of hydrogen-bond donors (Lipinski definition) is 2. The molecule has 2 heterocycles. The Hall–Kier alpha value is -1.31. The van der Waals surface area contributed by atoms with Gasteiger partial charge >= 0.3 is 6.03 Å². The predicted octanol–water partition coefficient (Wildman–Crippen LogP) is 4.49. The van der Waals surface area contributed by atoms with Crippen LogP contribution in [0, 0.1) is 0 Å². The number of carbonyl (C=O) groups is 1. The molecule has 0 aliphatic carbocycles. The summed E-state index contributed by atoms with van der Waals surface area (Å²) in [6.45, 7) is 1.68. The van der Waals surface area contributed by atoms with Gasteiger partial charge in [0.05, 0.1) is 22.7 Å². The molecule has 0 bridgehead atoms. The van der Waals surface area contributed by atoms with Crippen molar-refractivity contribution < 1.29 is 9.90 Å². The van der Waals surface area contributed by atoms with Gasteiger partial charge in [0.2, 0.25) is 0 Å². The molecule has 0 saturated carbocycles. The van der Waals surface area contributed by atoms with Gasteiger partial charge in [0.1, 0.15) is 0 Å². The van der Waals surface area contributed by atoms with E-state index >= 15 is 0 Å². The molecule has 1 saturated heterocycles. The highest BCUT2D eigenvalue weighted by atomic mass is 35.5. The van der Waals surface area contributed by atoms with Gasteiger partial charge in [-0.05, 0) is 50.0 Å². The number of aliphatic hydroxyl groups is 1. The fourth-order valence-corrected chi connectivity index (χ4v) is 4.86. The van der Waals surface area contributed by atoms with Gasteiger partial charge in [-0.15, -0.1) is 11.3 Å². The summed E-state index contributed by atoms with van der Waals surface area (Å²) in [4.78, 5) is 17.7. The van der Waals surface area contributed by atoms with Crippen LogP contribution in [0.5, 0.6) is 0 Å². The molecule has 1 unspecified atom stereocenters. The number of aliphatic hydroxyl groups excluding tert-OH is 1. The number of rotatable bonds is 5. The van der Waals surface area contributed by atoms with Crippen molar-refractivity contribution in [3.05, 3.63) is 45.3 Å². The average molecular weight is 442 g/mol. The number of nitrogens with one attached hydrogen (secondary N) is 1. The van der Waals surface area contributed by atoms with Crippen LogP contribution in [-0.4, -0.2) is 60.8 Å². The van der Waals surface area contributed by atoms with Crippen LogP contribution in [0.3, 0.4) is 0 Å². The smallest absolute Gasteiger partial charge is 0.317 e. The molecular weight excluding hydrogens is 417 g/mol. The van der Waals surface area contributed by atoms with Gasteiger partial charge in [0, 0.05) is 23.5 Å².